The first kappa shape index (κ1) is 16.0. The Morgan fingerprint density at radius 3 is 2.53 bits per heavy atom. The van der Waals surface area contributed by atoms with Crippen LogP contribution in [0.2, 0.25) is 0 Å². The van der Waals surface area contributed by atoms with Gasteiger partial charge in [0.2, 0.25) is 0 Å². The van der Waals surface area contributed by atoms with Crippen LogP contribution in [-0.2, 0) is 12.6 Å². The van der Waals surface area contributed by atoms with Gasteiger partial charge in [0.05, 0.1) is 5.56 Å². The number of hydrogen-bond donors (Lipinski definition) is 1. The Balaban J connectivity index is 2.30. The monoisotopic (exact) mass is 274 g/mol. The fraction of sp³-hybridized carbons (Fsp3) is 0.571. The van der Waals surface area contributed by atoms with Crippen molar-refractivity contribution in [2.24, 2.45) is 0 Å². The quantitative estimate of drug-likeness (QED) is 0.769. The normalized spacial score (nSPS) is 12.1. The van der Waals surface area contributed by atoms with Crippen LogP contribution in [0.5, 0.6) is 0 Å². The van der Waals surface area contributed by atoms with E-state index in [4.69, 9.17) is 0 Å². The van der Waals surface area contributed by atoms with Gasteiger partial charge in [0.1, 0.15) is 0 Å². The van der Waals surface area contributed by atoms with Crippen LogP contribution < -0.4 is 5.32 Å². The molecule has 1 N–H and O–H groups in total. The Bertz CT molecular complexity index is 375. The van der Waals surface area contributed by atoms with Gasteiger partial charge in [-0.05, 0) is 58.2 Å². The molecule has 0 amide bonds. The van der Waals surface area contributed by atoms with Crippen molar-refractivity contribution in [1.82, 2.24) is 10.2 Å². The lowest BCUT2D eigenvalue weighted by atomic mass is 10.1. The summed E-state index contributed by atoms with van der Waals surface area (Å²) >= 11 is 0. The number of rotatable bonds is 7. The molecule has 0 saturated carbocycles. The zero-order valence-electron chi connectivity index (χ0n) is 11.4. The highest BCUT2D eigenvalue weighted by atomic mass is 19.4. The van der Waals surface area contributed by atoms with E-state index in [-0.39, 0.29) is 0 Å². The second-order valence-corrected chi connectivity index (χ2v) is 4.85. The van der Waals surface area contributed by atoms with Gasteiger partial charge in [0, 0.05) is 0 Å². The van der Waals surface area contributed by atoms with Crippen LogP contribution in [0.25, 0.3) is 0 Å². The van der Waals surface area contributed by atoms with E-state index in [1.54, 1.807) is 6.07 Å². The average molecular weight is 274 g/mol. The Kier molecular flexibility index (Phi) is 6.31. The molecule has 5 heteroatoms. The Labute approximate surface area is 112 Å². The average Bonchev–Trinajstić information content (AvgIpc) is 2.32. The maximum atomic E-state index is 12.5. The van der Waals surface area contributed by atoms with E-state index in [1.807, 2.05) is 14.1 Å². The van der Waals surface area contributed by atoms with Crippen molar-refractivity contribution in [3.05, 3.63) is 35.4 Å². The molecule has 0 bridgehead atoms. The van der Waals surface area contributed by atoms with Crippen LogP contribution in [-0.4, -0.2) is 38.6 Å². The molecule has 0 aromatic heterocycles. The molecule has 0 unspecified atom stereocenters. The molecule has 0 atom stereocenters. The van der Waals surface area contributed by atoms with Gasteiger partial charge in [0.15, 0.2) is 0 Å². The third kappa shape index (κ3) is 6.59. The molecule has 19 heavy (non-hydrogen) atoms. The molecular formula is C14H21F3N2. The summed E-state index contributed by atoms with van der Waals surface area (Å²) in [4.78, 5) is 2.11. The van der Waals surface area contributed by atoms with E-state index in [0.717, 1.165) is 31.1 Å². The molecule has 2 nitrogen and oxygen atoms in total. The summed E-state index contributed by atoms with van der Waals surface area (Å²) in [6, 6.07) is 5.52. The number of halogens is 3. The molecule has 0 saturated heterocycles. The maximum Gasteiger partial charge on any atom is 0.416 e. The highest BCUT2D eigenvalue weighted by Gasteiger charge is 2.30. The van der Waals surface area contributed by atoms with E-state index >= 15 is 0 Å². The minimum absolute atomic E-state index is 0.572. The molecule has 108 valence electrons. The molecule has 0 radical (unpaired) electrons. The van der Waals surface area contributed by atoms with Crippen LogP contribution in [0, 0.1) is 0 Å². The standard InChI is InChI=1S/C14H21F3N2/c1-19(2)10-4-8-18-9-7-12-5-3-6-13(11-12)14(15,16)17/h3,5-6,11,18H,4,7-10H2,1-2H3. The first-order valence-electron chi connectivity index (χ1n) is 6.41. The van der Waals surface area contributed by atoms with Crippen molar-refractivity contribution in [2.45, 2.75) is 19.0 Å². The number of nitrogens with one attached hydrogen (secondary N) is 1. The summed E-state index contributed by atoms with van der Waals surface area (Å²) in [6.45, 7) is 2.60. The third-order valence-corrected chi connectivity index (χ3v) is 2.80. The van der Waals surface area contributed by atoms with Gasteiger partial charge in [-0.1, -0.05) is 18.2 Å². The number of nitrogens with zero attached hydrogens (tertiary/aromatic N) is 1. The number of alkyl halides is 3. The highest BCUT2D eigenvalue weighted by Crippen LogP contribution is 2.29. The first-order valence-corrected chi connectivity index (χ1v) is 6.41. The number of benzene rings is 1. The second kappa shape index (κ2) is 7.50. The van der Waals surface area contributed by atoms with Gasteiger partial charge >= 0.3 is 6.18 Å². The first-order chi connectivity index (χ1) is 8.89. The minimum atomic E-state index is -4.25. The molecule has 1 aromatic rings. The van der Waals surface area contributed by atoms with Crippen LogP contribution in [0.4, 0.5) is 13.2 Å². The van der Waals surface area contributed by atoms with Crippen molar-refractivity contribution in [3.8, 4) is 0 Å². The third-order valence-electron chi connectivity index (χ3n) is 2.80. The van der Waals surface area contributed by atoms with E-state index in [1.165, 1.54) is 12.1 Å². The summed E-state index contributed by atoms with van der Waals surface area (Å²) < 4.78 is 37.5. The van der Waals surface area contributed by atoms with Crippen LogP contribution in [0.15, 0.2) is 24.3 Å². The minimum Gasteiger partial charge on any atom is -0.316 e. The Hall–Kier alpha value is -1.07. The molecule has 1 aromatic carbocycles. The van der Waals surface area contributed by atoms with Crippen molar-refractivity contribution >= 4 is 0 Å². The van der Waals surface area contributed by atoms with Gasteiger partial charge in [-0.25, -0.2) is 0 Å². The Morgan fingerprint density at radius 2 is 1.89 bits per heavy atom. The van der Waals surface area contributed by atoms with Gasteiger partial charge in [-0.15, -0.1) is 0 Å². The maximum absolute atomic E-state index is 12.5. The summed E-state index contributed by atoms with van der Waals surface area (Å²) in [5.74, 6) is 0. The molecule has 0 aliphatic rings. The summed E-state index contributed by atoms with van der Waals surface area (Å²) in [7, 11) is 4.03. The fourth-order valence-electron chi connectivity index (χ4n) is 1.78. The zero-order chi connectivity index (χ0) is 14.3. The van der Waals surface area contributed by atoms with Crippen molar-refractivity contribution < 1.29 is 13.2 Å². The number of hydrogen-bond acceptors (Lipinski definition) is 2. The second-order valence-electron chi connectivity index (χ2n) is 4.85. The lowest BCUT2D eigenvalue weighted by molar-refractivity contribution is -0.137. The van der Waals surface area contributed by atoms with Gasteiger partial charge in [-0.3, -0.25) is 0 Å². The Morgan fingerprint density at radius 1 is 1.16 bits per heavy atom. The van der Waals surface area contributed by atoms with E-state index in [0.29, 0.717) is 13.0 Å². The molecular weight excluding hydrogens is 253 g/mol. The molecule has 0 heterocycles. The molecule has 0 aliphatic heterocycles. The largest absolute Gasteiger partial charge is 0.416 e. The SMILES string of the molecule is CN(C)CCCNCCc1cccc(C(F)(F)F)c1. The summed E-state index contributed by atoms with van der Waals surface area (Å²) in [5, 5.41) is 3.24. The molecule has 0 spiro atoms. The predicted octanol–water partition coefficient (Wildman–Crippen LogP) is 2.79. The van der Waals surface area contributed by atoms with Crippen LogP contribution in [0.3, 0.4) is 0 Å². The van der Waals surface area contributed by atoms with E-state index in [2.05, 4.69) is 10.2 Å². The smallest absolute Gasteiger partial charge is 0.316 e. The lowest BCUT2D eigenvalue weighted by Gasteiger charge is -2.11. The van der Waals surface area contributed by atoms with Gasteiger partial charge in [-0.2, -0.15) is 13.2 Å². The molecule has 0 fully saturated rings. The molecule has 1 rings (SSSR count). The van der Waals surface area contributed by atoms with Crippen LogP contribution >= 0.6 is 0 Å². The predicted molar refractivity (Wildman–Crippen MR) is 71.2 cm³/mol. The zero-order valence-corrected chi connectivity index (χ0v) is 11.4. The lowest BCUT2D eigenvalue weighted by Crippen LogP contribution is -2.23. The van der Waals surface area contributed by atoms with Gasteiger partial charge in [0.25, 0.3) is 0 Å². The van der Waals surface area contributed by atoms with Gasteiger partial charge < -0.3 is 10.2 Å². The highest BCUT2D eigenvalue weighted by molar-refractivity contribution is 5.25. The summed E-state index contributed by atoms with van der Waals surface area (Å²) in [6.07, 6.45) is -2.60. The fourth-order valence-corrected chi connectivity index (χ4v) is 1.78. The van der Waals surface area contributed by atoms with Crippen molar-refractivity contribution in [1.29, 1.82) is 0 Å². The van der Waals surface area contributed by atoms with Crippen LogP contribution in [0.1, 0.15) is 17.5 Å². The summed E-state index contributed by atoms with van der Waals surface area (Å²) in [5.41, 5.74) is 0.146. The van der Waals surface area contributed by atoms with Crippen molar-refractivity contribution in [2.75, 3.05) is 33.7 Å². The van der Waals surface area contributed by atoms with E-state index < -0.39 is 11.7 Å². The molecule has 0 aliphatic carbocycles. The van der Waals surface area contributed by atoms with E-state index in [9.17, 15) is 13.2 Å². The topological polar surface area (TPSA) is 15.3 Å². The van der Waals surface area contributed by atoms with Crippen molar-refractivity contribution in [3.63, 3.8) is 0 Å².